The molecule has 0 bridgehead atoms. The monoisotopic (exact) mass is 342 g/mol. The lowest BCUT2D eigenvalue weighted by Crippen LogP contribution is -2.30. The Labute approximate surface area is 144 Å². The Morgan fingerprint density at radius 1 is 1.17 bits per heavy atom. The molecule has 0 aliphatic heterocycles. The summed E-state index contributed by atoms with van der Waals surface area (Å²) in [5, 5.41) is 3.35. The molecule has 3 rings (SSSR count). The molecule has 0 aliphatic carbocycles. The summed E-state index contributed by atoms with van der Waals surface area (Å²) in [5.74, 6) is 1.19. The molecule has 6 heteroatoms. The predicted octanol–water partition coefficient (Wildman–Crippen LogP) is 4.02. The lowest BCUT2D eigenvalue weighted by molar-refractivity contribution is -0.122. The number of carbonyl (C=O) groups excluding carboxylic acids is 1. The van der Waals surface area contributed by atoms with Gasteiger partial charge in [-0.05, 0) is 44.2 Å². The number of rotatable bonds is 5. The molecule has 0 fully saturated rings. The van der Waals surface area contributed by atoms with E-state index in [1.165, 1.54) is 11.3 Å². The van der Waals surface area contributed by atoms with Crippen LogP contribution < -0.4 is 14.8 Å². The Bertz CT molecular complexity index is 858. The van der Waals surface area contributed by atoms with E-state index < -0.39 is 6.10 Å². The van der Waals surface area contributed by atoms with Crippen molar-refractivity contribution in [1.82, 2.24) is 4.98 Å². The van der Waals surface area contributed by atoms with Gasteiger partial charge < -0.3 is 9.47 Å². The normalized spacial score (nSPS) is 12.0. The van der Waals surface area contributed by atoms with Crippen LogP contribution in [0.3, 0.4) is 0 Å². The number of aryl methyl sites for hydroxylation is 1. The maximum atomic E-state index is 12.3. The van der Waals surface area contributed by atoms with Crippen LogP contribution in [-0.4, -0.2) is 24.1 Å². The number of hydrogen-bond donors (Lipinski definition) is 1. The Hall–Kier alpha value is -2.60. The van der Waals surface area contributed by atoms with Crippen LogP contribution in [0.5, 0.6) is 11.5 Å². The number of hydrogen-bond acceptors (Lipinski definition) is 5. The van der Waals surface area contributed by atoms with Crippen LogP contribution in [0.1, 0.15) is 12.5 Å². The summed E-state index contributed by atoms with van der Waals surface area (Å²) in [6.07, 6.45) is -0.616. The quantitative estimate of drug-likeness (QED) is 0.761. The molecule has 0 aliphatic rings. The van der Waals surface area contributed by atoms with E-state index >= 15 is 0 Å². The molecular weight excluding hydrogens is 324 g/mol. The van der Waals surface area contributed by atoms with Crippen LogP contribution in [0.25, 0.3) is 10.2 Å². The van der Waals surface area contributed by atoms with Gasteiger partial charge in [-0.3, -0.25) is 10.1 Å². The highest BCUT2D eigenvalue weighted by Crippen LogP contribution is 2.29. The number of methoxy groups -OCH3 is 1. The lowest BCUT2D eigenvalue weighted by Gasteiger charge is -2.13. The van der Waals surface area contributed by atoms with E-state index in [-0.39, 0.29) is 5.91 Å². The van der Waals surface area contributed by atoms with Crippen LogP contribution in [-0.2, 0) is 4.79 Å². The molecule has 1 unspecified atom stereocenters. The van der Waals surface area contributed by atoms with Crippen molar-refractivity contribution in [2.24, 2.45) is 0 Å². The number of anilines is 1. The van der Waals surface area contributed by atoms with Crippen molar-refractivity contribution in [1.29, 1.82) is 0 Å². The Kier molecular flexibility index (Phi) is 4.66. The van der Waals surface area contributed by atoms with Gasteiger partial charge in [-0.2, -0.15) is 0 Å². The number of benzene rings is 2. The molecule has 5 nitrogen and oxygen atoms in total. The van der Waals surface area contributed by atoms with Gasteiger partial charge in [0.15, 0.2) is 11.2 Å². The average molecular weight is 342 g/mol. The zero-order valence-corrected chi connectivity index (χ0v) is 14.5. The molecule has 1 aromatic heterocycles. The molecule has 2 aromatic carbocycles. The van der Waals surface area contributed by atoms with E-state index in [0.29, 0.717) is 10.9 Å². The first-order valence-electron chi connectivity index (χ1n) is 7.54. The summed E-state index contributed by atoms with van der Waals surface area (Å²) in [6.45, 7) is 3.72. The first-order chi connectivity index (χ1) is 11.5. The highest BCUT2D eigenvalue weighted by atomic mass is 32.1. The third-order valence-corrected chi connectivity index (χ3v) is 4.46. The Balaban J connectivity index is 1.68. The van der Waals surface area contributed by atoms with E-state index in [9.17, 15) is 4.79 Å². The largest absolute Gasteiger partial charge is 0.497 e. The third-order valence-electron chi connectivity index (χ3n) is 3.53. The summed E-state index contributed by atoms with van der Waals surface area (Å²) in [5.41, 5.74) is 1.97. The molecule has 0 saturated carbocycles. The number of carbonyl (C=O) groups is 1. The molecule has 0 spiro atoms. The molecule has 1 N–H and O–H groups in total. The molecule has 1 amide bonds. The molecule has 3 aromatic rings. The standard InChI is InChI=1S/C18H18N2O3S/c1-11-4-6-13(7-5-11)23-12(2)17(21)20-18-19-15-9-8-14(22-3)10-16(15)24-18/h4-10,12H,1-3H3,(H,19,20,21). The average Bonchev–Trinajstić information content (AvgIpc) is 2.97. The topological polar surface area (TPSA) is 60.5 Å². The number of ether oxygens (including phenoxy) is 2. The van der Waals surface area contributed by atoms with Crippen LogP contribution in [0.2, 0.25) is 0 Å². The summed E-state index contributed by atoms with van der Waals surface area (Å²) in [7, 11) is 1.62. The van der Waals surface area contributed by atoms with E-state index in [0.717, 1.165) is 21.5 Å². The van der Waals surface area contributed by atoms with Crippen molar-refractivity contribution in [3.63, 3.8) is 0 Å². The van der Waals surface area contributed by atoms with E-state index in [1.54, 1.807) is 14.0 Å². The van der Waals surface area contributed by atoms with Crippen molar-refractivity contribution in [2.45, 2.75) is 20.0 Å². The summed E-state index contributed by atoms with van der Waals surface area (Å²) < 4.78 is 11.8. The highest BCUT2D eigenvalue weighted by molar-refractivity contribution is 7.22. The minimum atomic E-state index is -0.616. The number of amides is 1. The minimum Gasteiger partial charge on any atom is -0.497 e. The van der Waals surface area contributed by atoms with Gasteiger partial charge in [-0.15, -0.1) is 0 Å². The van der Waals surface area contributed by atoms with E-state index in [1.807, 2.05) is 49.4 Å². The van der Waals surface area contributed by atoms with Crippen molar-refractivity contribution in [2.75, 3.05) is 12.4 Å². The fraction of sp³-hybridized carbons (Fsp3) is 0.222. The van der Waals surface area contributed by atoms with Gasteiger partial charge in [0.25, 0.3) is 5.91 Å². The third kappa shape index (κ3) is 3.65. The van der Waals surface area contributed by atoms with Gasteiger partial charge in [0.2, 0.25) is 0 Å². The molecule has 0 radical (unpaired) electrons. The van der Waals surface area contributed by atoms with E-state index in [2.05, 4.69) is 10.3 Å². The lowest BCUT2D eigenvalue weighted by atomic mass is 10.2. The molecule has 1 atom stereocenters. The second-order valence-corrected chi connectivity index (χ2v) is 6.45. The first kappa shape index (κ1) is 16.3. The van der Waals surface area contributed by atoms with Crippen LogP contribution >= 0.6 is 11.3 Å². The highest BCUT2D eigenvalue weighted by Gasteiger charge is 2.17. The van der Waals surface area contributed by atoms with Crippen molar-refractivity contribution < 1.29 is 14.3 Å². The molecule has 0 saturated heterocycles. The number of nitrogens with zero attached hydrogens (tertiary/aromatic N) is 1. The number of nitrogens with one attached hydrogen (secondary N) is 1. The summed E-state index contributed by atoms with van der Waals surface area (Å²) in [6, 6.07) is 13.2. The first-order valence-corrected chi connectivity index (χ1v) is 8.35. The minimum absolute atomic E-state index is 0.235. The van der Waals surface area contributed by atoms with Crippen molar-refractivity contribution in [3.8, 4) is 11.5 Å². The Morgan fingerprint density at radius 2 is 1.88 bits per heavy atom. The van der Waals surface area contributed by atoms with Gasteiger partial charge in [0.1, 0.15) is 11.5 Å². The second-order valence-electron chi connectivity index (χ2n) is 5.42. The maximum Gasteiger partial charge on any atom is 0.266 e. The molecule has 1 heterocycles. The second kappa shape index (κ2) is 6.88. The summed E-state index contributed by atoms with van der Waals surface area (Å²) in [4.78, 5) is 16.7. The zero-order valence-electron chi connectivity index (χ0n) is 13.7. The van der Waals surface area contributed by atoms with Crippen LogP contribution in [0.4, 0.5) is 5.13 Å². The Morgan fingerprint density at radius 3 is 2.58 bits per heavy atom. The van der Waals surface area contributed by atoms with Crippen LogP contribution in [0.15, 0.2) is 42.5 Å². The smallest absolute Gasteiger partial charge is 0.266 e. The molecular formula is C18H18N2O3S. The van der Waals surface area contributed by atoms with Crippen molar-refractivity contribution in [3.05, 3.63) is 48.0 Å². The number of aromatic nitrogens is 1. The van der Waals surface area contributed by atoms with Gasteiger partial charge in [0, 0.05) is 0 Å². The SMILES string of the molecule is COc1ccc2nc(NC(=O)C(C)Oc3ccc(C)cc3)sc2c1. The summed E-state index contributed by atoms with van der Waals surface area (Å²) >= 11 is 1.40. The van der Waals surface area contributed by atoms with E-state index in [4.69, 9.17) is 9.47 Å². The molecule has 24 heavy (non-hydrogen) atoms. The van der Waals surface area contributed by atoms with Crippen molar-refractivity contribution >= 4 is 32.6 Å². The van der Waals surface area contributed by atoms with Gasteiger partial charge in [-0.25, -0.2) is 4.98 Å². The van der Waals surface area contributed by atoms with Gasteiger partial charge in [0.05, 0.1) is 17.3 Å². The number of thiazole rings is 1. The number of fused-ring (bicyclic) bond motifs is 1. The van der Waals surface area contributed by atoms with Crippen LogP contribution in [0, 0.1) is 6.92 Å². The maximum absolute atomic E-state index is 12.3. The van der Waals surface area contributed by atoms with Gasteiger partial charge in [-0.1, -0.05) is 29.0 Å². The fourth-order valence-electron chi connectivity index (χ4n) is 2.17. The fourth-order valence-corrected chi connectivity index (χ4v) is 3.06. The zero-order chi connectivity index (χ0) is 17.1. The predicted molar refractivity (Wildman–Crippen MR) is 96.1 cm³/mol. The molecule has 124 valence electrons. The van der Waals surface area contributed by atoms with Gasteiger partial charge >= 0.3 is 0 Å².